The van der Waals surface area contributed by atoms with Gasteiger partial charge in [0.15, 0.2) is 5.82 Å². The van der Waals surface area contributed by atoms with Gasteiger partial charge in [-0.3, -0.25) is 9.59 Å². The van der Waals surface area contributed by atoms with Crippen LogP contribution >= 0.6 is 11.6 Å². The Balaban J connectivity index is 1.77. The van der Waals surface area contributed by atoms with Gasteiger partial charge in [0, 0.05) is 35.6 Å². The third-order valence-corrected chi connectivity index (χ3v) is 5.64. The molecule has 10 heteroatoms. The van der Waals surface area contributed by atoms with Gasteiger partial charge < -0.3 is 15.5 Å². The maximum atomic E-state index is 13.4. The number of carbonyl (C=O) groups is 2. The van der Waals surface area contributed by atoms with Gasteiger partial charge in [0.1, 0.15) is 5.69 Å². The molecule has 0 spiro atoms. The zero-order valence-electron chi connectivity index (χ0n) is 19.3. The zero-order valence-corrected chi connectivity index (χ0v) is 20.1. The van der Waals surface area contributed by atoms with Crippen molar-refractivity contribution in [1.29, 1.82) is 0 Å². The summed E-state index contributed by atoms with van der Waals surface area (Å²) >= 11 is 5.95. The van der Waals surface area contributed by atoms with Gasteiger partial charge in [-0.25, -0.2) is 4.98 Å². The van der Waals surface area contributed by atoms with E-state index in [1.54, 1.807) is 23.1 Å². The highest BCUT2D eigenvalue weighted by Gasteiger charge is 2.34. The SMILES string of the molecule is CC(C)(C)NC(=O)CC1CCN(c2nc(C(F)(F)F)ccc2NC(=O)c2cccc(Cl)c2)CC1. The smallest absolute Gasteiger partial charge is 0.355 e. The van der Waals surface area contributed by atoms with Crippen molar-refractivity contribution in [3.05, 3.63) is 52.7 Å². The highest BCUT2D eigenvalue weighted by atomic mass is 35.5. The largest absolute Gasteiger partial charge is 0.433 e. The second-order valence-electron chi connectivity index (χ2n) is 9.46. The minimum absolute atomic E-state index is 0.0439. The Hall–Kier alpha value is -2.81. The molecule has 0 radical (unpaired) electrons. The first-order chi connectivity index (χ1) is 15.8. The van der Waals surface area contributed by atoms with Gasteiger partial charge in [-0.15, -0.1) is 0 Å². The number of nitrogens with one attached hydrogen (secondary N) is 2. The molecule has 0 bridgehead atoms. The summed E-state index contributed by atoms with van der Waals surface area (Å²) in [4.78, 5) is 30.5. The lowest BCUT2D eigenvalue weighted by Gasteiger charge is -2.34. The van der Waals surface area contributed by atoms with Crippen LogP contribution in [0.5, 0.6) is 0 Å². The van der Waals surface area contributed by atoms with Crippen molar-refractivity contribution in [2.24, 2.45) is 5.92 Å². The molecule has 1 saturated heterocycles. The number of aromatic nitrogens is 1. The number of amides is 2. The number of hydrogen-bond donors (Lipinski definition) is 2. The van der Waals surface area contributed by atoms with E-state index in [9.17, 15) is 22.8 Å². The number of piperidine rings is 1. The van der Waals surface area contributed by atoms with E-state index in [1.165, 1.54) is 12.1 Å². The van der Waals surface area contributed by atoms with Crippen LogP contribution < -0.4 is 15.5 Å². The van der Waals surface area contributed by atoms with Crippen LogP contribution in [0.2, 0.25) is 5.02 Å². The first-order valence-corrected chi connectivity index (χ1v) is 11.4. The quantitative estimate of drug-likeness (QED) is 0.571. The van der Waals surface area contributed by atoms with Gasteiger partial charge >= 0.3 is 6.18 Å². The standard InChI is InChI=1S/C24H28ClF3N4O2/c1-23(2,3)31-20(33)13-15-9-11-32(12-10-15)21-18(7-8-19(30-21)24(26,27)28)29-22(34)16-5-4-6-17(25)14-16/h4-8,14-15H,9-13H2,1-3H3,(H,29,34)(H,31,33). The van der Waals surface area contributed by atoms with E-state index < -0.39 is 17.8 Å². The summed E-state index contributed by atoms with van der Waals surface area (Å²) in [6, 6.07) is 8.34. The average molecular weight is 497 g/mol. The van der Waals surface area contributed by atoms with Crippen LogP contribution in [-0.4, -0.2) is 35.4 Å². The first kappa shape index (κ1) is 25.8. The monoisotopic (exact) mass is 496 g/mol. The van der Waals surface area contributed by atoms with Crippen LogP contribution in [0.1, 0.15) is 56.1 Å². The Morgan fingerprint density at radius 1 is 1.12 bits per heavy atom. The van der Waals surface area contributed by atoms with Crippen molar-refractivity contribution in [2.75, 3.05) is 23.3 Å². The number of pyridine rings is 1. The number of rotatable bonds is 5. The molecule has 184 valence electrons. The van der Waals surface area contributed by atoms with E-state index in [0.717, 1.165) is 6.07 Å². The maximum Gasteiger partial charge on any atom is 0.433 e. The van der Waals surface area contributed by atoms with Crippen LogP contribution in [0.4, 0.5) is 24.7 Å². The second kappa shape index (κ2) is 10.2. The summed E-state index contributed by atoms with van der Waals surface area (Å²) < 4.78 is 40.1. The van der Waals surface area contributed by atoms with Crippen molar-refractivity contribution in [1.82, 2.24) is 10.3 Å². The van der Waals surface area contributed by atoms with Crippen LogP contribution in [0.3, 0.4) is 0 Å². The number of alkyl halides is 3. The van der Waals surface area contributed by atoms with Gasteiger partial charge in [-0.1, -0.05) is 17.7 Å². The minimum atomic E-state index is -4.62. The second-order valence-corrected chi connectivity index (χ2v) is 9.90. The maximum absolute atomic E-state index is 13.4. The zero-order chi connectivity index (χ0) is 25.1. The van der Waals surface area contributed by atoms with Crippen molar-refractivity contribution >= 4 is 34.9 Å². The molecule has 0 unspecified atom stereocenters. The molecule has 0 aliphatic carbocycles. The highest BCUT2D eigenvalue weighted by Crippen LogP contribution is 2.35. The van der Waals surface area contributed by atoms with E-state index in [4.69, 9.17) is 11.6 Å². The van der Waals surface area contributed by atoms with E-state index >= 15 is 0 Å². The normalized spacial score (nSPS) is 15.2. The lowest BCUT2D eigenvalue weighted by atomic mass is 9.92. The van der Waals surface area contributed by atoms with Gasteiger partial charge in [0.2, 0.25) is 5.91 Å². The fourth-order valence-corrected chi connectivity index (χ4v) is 4.04. The van der Waals surface area contributed by atoms with Crippen LogP contribution in [-0.2, 0) is 11.0 Å². The molecule has 2 amide bonds. The molecule has 3 rings (SSSR count). The number of carbonyl (C=O) groups excluding carboxylic acids is 2. The third kappa shape index (κ3) is 7.09. The third-order valence-electron chi connectivity index (χ3n) is 5.40. The minimum Gasteiger partial charge on any atom is -0.355 e. The molecule has 0 atom stereocenters. The number of benzene rings is 1. The molecule has 1 aliphatic rings. The Kier molecular flexibility index (Phi) is 7.75. The fourth-order valence-electron chi connectivity index (χ4n) is 3.85. The van der Waals surface area contributed by atoms with E-state index in [0.29, 0.717) is 37.4 Å². The van der Waals surface area contributed by atoms with Gasteiger partial charge in [0.25, 0.3) is 5.91 Å². The van der Waals surface area contributed by atoms with Gasteiger partial charge in [-0.05, 0) is 69.9 Å². The summed E-state index contributed by atoms with van der Waals surface area (Å²) in [5, 5.41) is 5.97. The van der Waals surface area contributed by atoms with Crippen LogP contribution in [0, 0.1) is 5.92 Å². The average Bonchev–Trinajstić information content (AvgIpc) is 2.72. The Labute approximate surface area is 201 Å². The van der Waals surface area contributed by atoms with Crippen LogP contribution in [0.25, 0.3) is 0 Å². The molecule has 1 aromatic heterocycles. The van der Waals surface area contributed by atoms with Crippen molar-refractivity contribution in [3.8, 4) is 0 Å². The molecular weight excluding hydrogens is 469 g/mol. The van der Waals surface area contributed by atoms with Crippen molar-refractivity contribution < 1.29 is 22.8 Å². The Morgan fingerprint density at radius 2 is 1.79 bits per heavy atom. The predicted molar refractivity (Wildman–Crippen MR) is 126 cm³/mol. The Morgan fingerprint density at radius 3 is 2.38 bits per heavy atom. The molecule has 1 aromatic carbocycles. The lowest BCUT2D eigenvalue weighted by Crippen LogP contribution is -2.42. The van der Waals surface area contributed by atoms with Gasteiger partial charge in [-0.2, -0.15) is 13.2 Å². The summed E-state index contributed by atoms with van der Waals surface area (Å²) in [5.74, 6) is -0.367. The molecule has 34 heavy (non-hydrogen) atoms. The predicted octanol–water partition coefficient (Wildman–Crippen LogP) is 5.53. The molecular formula is C24H28ClF3N4O2. The summed E-state index contributed by atoms with van der Waals surface area (Å²) in [5.41, 5.74) is -0.894. The summed E-state index contributed by atoms with van der Waals surface area (Å²) in [6.07, 6.45) is -3.01. The Bertz CT molecular complexity index is 1050. The summed E-state index contributed by atoms with van der Waals surface area (Å²) in [7, 11) is 0. The number of hydrogen-bond acceptors (Lipinski definition) is 4. The number of anilines is 2. The van der Waals surface area contributed by atoms with Gasteiger partial charge in [0.05, 0.1) is 5.69 Å². The van der Waals surface area contributed by atoms with Crippen molar-refractivity contribution in [2.45, 2.75) is 51.7 Å². The van der Waals surface area contributed by atoms with Crippen LogP contribution in [0.15, 0.2) is 36.4 Å². The summed E-state index contributed by atoms with van der Waals surface area (Å²) in [6.45, 7) is 6.56. The highest BCUT2D eigenvalue weighted by molar-refractivity contribution is 6.31. The van der Waals surface area contributed by atoms with E-state index in [2.05, 4.69) is 15.6 Å². The molecule has 1 aliphatic heterocycles. The van der Waals surface area contributed by atoms with E-state index in [-0.39, 0.29) is 34.4 Å². The lowest BCUT2D eigenvalue weighted by molar-refractivity contribution is -0.141. The van der Waals surface area contributed by atoms with Crippen molar-refractivity contribution in [3.63, 3.8) is 0 Å². The molecule has 6 nitrogen and oxygen atoms in total. The fraction of sp³-hybridized carbons (Fsp3) is 0.458. The van der Waals surface area contributed by atoms with E-state index in [1.807, 2.05) is 20.8 Å². The molecule has 2 N–H and O–H groups in total. The number of nitrogens with zero attached hydrogens (tertiary/aromatic N) is 2. The molecule has 0 saturated carbocycles. The molecule has 2 heterocycles. The molecule has 2 aromatic rings. The molecule has 1 fully saturated rings. The first-order valence-electron chi connectivity index (χ1n) is 11.0. The topological polar surface area (TPSA) is 74.3 Å². The number of halogens is 4.